The van der Waals surface area contributed by atoms with Crippen LogP contribution in [0.15, 0.2) is 18.3 Å². The molecule has 3 heterocycles. The lowest BCUT2D eigenvalue weighted by atomic mass is 9.56. The van der Waals surface area contributed by atoms with Gasteiger partial charge in [0.25, 0.3) is 0 Å². The lowest BCUT2D eigenvalue weighted by Gasteiger charge is -2.53. The third kappa shape index (κ3) is 4.61. The molecule has 2 aromatic heterocycles. The van der Waals surface area contributed by atoms with Crippen LogP contribution in [0.5, 0.6) is 0 Å². The van der Waals surface area contributed by atoms with E-state index in [-0.39, 0.29) is 0 Å². The van der Waals surface area contributed by atoms with E-state index in [1.54, 1.807) is 0 Å². The molecule has 5 nitrogen and oxygen atoms in total. The zero-order valence-electron chi connectivity index (χ0n) is 19.8. The number of nitrogens with zero attached hydrogens (tertiary/aromatic N) is 5. The Morgan fingerprint density at radius 1 is 1.13 bits per heavy atom. The summed E-state index contributed by atoms with van der Waals surface area (Å²) in [7, 11) is 1.94. The molecule has 1 aliphatic carbocycles. The van der Waals surface area contributed by atoms with Crippen LogP contribution in [0.2, 0.25) is 0 Å². The Labute approximate surface area is 182 Å². The van der Waals surface area contributed by atoms with E-state index in [1.807, 2.05) is 24.9 Å². The maximum atomic E-state index is 4.53. The molecular formula is C25H39N5. The first-order valence-corrected chi connectivity index (χ1v) is 11.7. The second-order valence-corrected chi connectivity index (χ2v) is 11.3. The van der Waals surface area contributed by atoms with Gasteiger partial charge >= 0.3 is 0 Å². The number of rotatable bonds is 5. The first-order chi connectivity index (χ1) is 14.1. The minimum absolute atomic E-state index is 0.406. The maximum absolute atomic E-state index is 4.53. The van der Waals surface area contributed by atoms with Crippen molar-refractivity contribution in [2.75, 3.05) is 19.6 Å². The van der Waals surface area contributed by atoms with Crippen molar-refractivity contribution in [3.8, 4) is 11.3 Å². The molecule has 0 aromatic carbocycles. The molecule has 164 valence electrons. The monoisotopic (exact) mass is 409 g/mol. The summed E-state index contributed by atoms with van der Waals surface area (Å²) in [5.41, 5.74) is 5.16. The SMILES string of the molecule is Cc1nn(C)cc1-c1ccc(CC2CC3(CCN(CC(C)C(C)(C)C)CC3)C2)nn1. The van der Waals surface area contributed by atoms with E-state index in [9.17, 15) is 0 Å². The minimum Gasteiger partial charge on any atom is -0.303 e. The van der Waals surface area contributed by atoms with Gasteiger partial charge < -0.3 is 4.90 Å². The summed E-state index contributed by atoms with van der Waals surface area (Å²) < 4.78 is 1.84. The van der Waals surface area contributed by atoms with E-state index >= 15 is 0 Å². The van der Waals surface area contributed by atoms with Crippen LogP contribution in [0.25, 0.3) is 11.3 Å². The molecule has 0 bridgehead atoms. The molecule has 1 saturated heterocycles. The van der Waals surface area contributed by atoms with Gasteiger partial charge in [-0.3, -0.25) is 4.68 Å². The van der Waals surface area contributed by atoms with E-state index in [4.69, 9.17) is 0 Å². The fraction of sp³-hybridized carbons (Fsp3) is 0.720. The van der Waals surface area contributed by atoms with Gasteiger partial charge in [0, 0.05) is 25.4 Å². The molecule has 0 amide bonds. The Bertz CT molecular complexity index is 845. The number of hydrogen-bond acceptors (Lipinski definition) is 4. The highest BCUT2D eigenvalue weighted by atomic mass is 15.3. The largest absolute Gasteiger partial charge is 0.303 e. The van der Waals surface area contributed by atoms with Gasteiger partial charge in [0.1, 0.15) is 0 Å². The molecule has 30 heavy (non-hydrogen) atoms. The van der Waals surface area contributed by atoms with Gasteiger partial charge in [0.05, 0.1) is 17.1 Å². The summed E-state index contributed by atoms with van der Waals surface area (Å²) >= 11 is 0. The summed E-state index contributed by atoms with van der Waals surface area (Å²) in [6.07, 6.45) is 8.60. The fourth-order valence-corrected chi connectivity index (χ4v) is 5.35. The summed E-state index contributed by atoms with van der Waals surface area (Å²) in [4.78, 5) is 2.71. The summed E-state index contributed by atoms with van der Waals surface area (Å²) in [5, 5.41) is 13.4. The van der Waals surface area contributed by atoms with Crippen molar-refractivity contribution in [1.82, 2.24) is 24.9 Å². The first-order valence-electron chi connectivity index (χ1n) is 11.7. The van der Waals surface area contributed by atoms with Gasteiger partial charge in [-0.2, -0.15) is 15.3 Å². The number of aryl methyl sites for hydroxylation is 2. The topological polar surface area (TPSA) is 46.8 Å². The van der Waals surface area contributed by atoms with Crippen LogP contribution in [0.4, 0.5) is 0 Å². The summed E-state index contributed by atoms with van der Waals surface area (Å²) in [6, 6.07) is 4.27. The van der Waals surface area contributed by atoms with Crippen LogP contribution in [0.3, 0.4) is 0 Å². The van der Waals surface area contributed by atoms with Crippen LogP contribution in [0, 0.1) is 29.6 Å². The van der Waals surface area contributed by atoms with Gasteiger partial charge in [0.2, 0.25) is 0 Å². The van der Waals surface area contributed by atoms with Crippen molar-refractivity contribution in [3.05, 3.63) is 29.7 Å². The van der Waals surface area contributed by atoms with Gasteiger partial charge in [-0.15, -0.1) is 0 Å². The minimum atomic E-state index is 0.406. The molecule has 4 rings (SSSR count). The molecule has 0 radical (unpaired) electrons. The molecule has 1 unspecified atom stereocenters. The zero-order valence-corrected chi connectivity index (χ0v) is 19.8. The predicted molar refractivity (Wildman–Crippen MR) is 122 cm³/mol. The predicted octanol–water partition coefficient (Wildman–Crippen LogP) is 4.90. The molecule has 1 atom stereocenters. The van der Waals surface area contributed by atoms with E-state index in [0.717, 1.165) is 40.9 Å². The van der Waals surface area contributed by atoms with Crippen molar-refractivity contribution in [2.45, 2.75) is 66.7 Å². The van der Waals surface area contributed by atoms with Crippen LogP contribution in [-0.2, 0) is 13.5 Å². The van der Waals surface area contributed by atoms with E-state index < -0.39 is 0 Å². The van der Waals surface area contributed by atoms with Crippen molar-refractivity contribution < 1.29 is 0 Å². The third-order valence-electron chi connectivity index (χ3n) is 7.88. The van der Waals surface area contributed by atoms with Crippen molar-refractivity contribution >= 4 is 0 Å². The molecular weight excluding hydrogens is 370 g/mol. The lowest BCUT2D eigenvalue weighted by molar-refractivity contribution is -0.0197. The highest BCUT2D eigenvalue weighted by Gasteiger charge is 2.45. The zero-order chi connectivity index (χ0) is 21.5. The van der Waals surface area contributed by atoms with Gasteiger partial charge in [-0.25, -0.2) is 0 Å². The Morgan fingerprint density at radius 2 is 1.83 bits per heavy atom. The average molecular weight is 410 g/mol. The van der Waals surface area contributed by atoms with Gasteiger partial charge in [0.15, 0.2) is 0 Å². The molecule has 2 fully saturated rings. The number of hydrogen-bond donors (Lipinski definition) is 0. The molecule has 2 aliphatic rings. The second-order valence-electron chi connectivity index (χ2n) is 11.3. The Balaban J connectivity index is 1.25. The van der Waals surface area contributed by atoms with Gasteiger partial charge in [-0.1, -0.05) is 27.7 Å². The number of aromatic nitrogens is 4. The van der Waals surface area contributed by atoms with Gasteiger partial charge in [-0.05, 0) is 86.9 Å². The normalized spacial score (nSPS) is 21.0. The van der Waals surface area contributed by atoms with Crippen molar-refractivity contribution in [3.63, 3.8) is 0 Å². The maximum Gasteiger partial charge on any atom is 0.0964 e. The highest BCUT2D eigenvalue weighted by Crippen LogP contribution is 2.53. The molecule has 5 heteroatoms. The second kappa shape index (κ2) is 8.07. The molecule has 1 spiro atoms. The lowest BCUT2D eigenvalue weighted by Crippen LogP contribution is -2.49. The van der Waals surface area contributed by atoms with Crippen LogP contribution < -0.4 is 0 Å². The average Bonchev–Trinajstić information content (AvgIpc) is 3.00. The van der Waals surface area contributed by atoms with E-state index in [2.05, 4.69) is 60.0 Å². The van der Waals surface area contributed by atoms with Crippen LogP contribution in [0.1, 0.15) is 64.8 Å². The van der Waals surface area contributed by atoms with Crippen LogP contribution in [-0.4, -0.2) is 44.5 Å². The highest BCUT2D eigenvalue weighted by molar-refractivity contribution is 5.60. The van der Waals surface area contributed by atoms with E-state index in [0.29, 0.717) is 10.8 Å². The number of likely N-dealkylation sites (tertiary alicyclic amines) is 1. The van der Waals surface area contributed by atoms with Crippen molar-refractivity contribution in [2.24, 2.45) is 29.7 Å². The number of piperidine rings is 1. The standard InChI is InChI=1S/C25H39N5/c1-18(24(3,4)5)16-30-11-9-25(10-12-30)14-20(15-25)13-21-7-8-23(27-26-21)22-17-29(6)28-19(22)2/h7-8,17-18,20H,9-16H2,1-6H3. The third-order valence-corrected chi connectivity index (χ3v) is 7.88. The van der Waals surface area contributed by atoms with Crippen molar-refractivity contribution in [1.29, 1.82) is 0 Å². The molecule has 1 saturated carbocycles. The van der Waals surface area contributed by atoms with E-state index in [1.165, 1.54) is 45.3 Å². The molecule has 0 N–H and O–H groups in total. The Kier molecular flexibility index (Phi) is 5.78. The molecule has 1 aliphatic heterocycles. The quantitative estimate of drug-likeness (QED) is 0.704. The van der Waals surface area contributed by atoms with Crippen LogP contribution >= 0.6 is 0 Å². The molecule has 2 aromatic rings. The summed E-state index contributed by atoms with van der Waals surface area (Å²) in [6.45, 7) is 15.4. The Morgan fingerprint density at radius 3 is 2.37 bits per heavy atom. The smallest absolute Gasteiger partial charge is 0.0964 e. The fourth-order valence-electron chi connectivity index (χ4n) is 5.35. The first kappa shape index (κ1) is 21.5. The summed E-state index contributed by atoms with van der Waals surface area (Å²) in [5.74, 6) is 1.53. The Hall–Kier alpha value is -1.75.